The van der Waals surface area contributed by atoms with E-state index in [2.05, 4.69) is 28.4 Å². The maximum absolute atomic E-state index is 5.21. The molecule has 0 aromatic carbocycles. The average molecular weight is 211 g/mol. The van der Waals surface area contributed by atoms with E-state index in [4.69, 9.17) is 4.84 Å². The van der Waals surface area contributed by atoms with Gasteiger partial charge in [-0.1, -0.05) is 0 Å². The predicted molar refractivity (Wildman–Crippen MR) is 60.3 cm³/mol. The first-order valence-electron chi connectivity index (χ1n) is 5.76. The van der Waals surface area contributed by atoms with E-state index in [1.165, 1.54) is 32.7 Å². The van der Waals surface area contributed by atoms with Crippen LogP contribution >= 0.6 is 0 Å². The van der Waals surface area contributed by atoms with Gasteiger partial charge in [-0.25, -0.2) is 0 Å². The van der Waals surface area contributed by atoms with Crippen LogP contribution in [0.15, 0.2) is 11.8 Å². The SMILES string of the molecule is CC1=CC(CCN2CCN(C)CC2)NO1. The Morgan fingerprint density at radius 3 is 2.73 bits per heavy atom. The normalized spacial score (nSPS) is 28.9. The van der Waals surface area contributed by atoms with Crippen molar-refractivity contribution >= 4 is 0 Å². The lowest BCUT2D eigenvalue weighted by Crippen LogP contribution is -2.45. The molecule has 2 heterocycles. The van der Waals surface area contributed by atoms with Crippen LogP contribution in [0.25, 0.3) is 0 Å². The van der Waals surface area contributed by atoms with Crippen molar-refractivity contribution in [2.75, 3.05) is 39.8 Å². The predicted octanol–water partition coefficient (Wildman–Crippen LogP) is 0.431. The minimum Gasteiger partial charge on any atom is -0.413 e. The topological polar surface area (TPSA) is 27.7 Å². The number of allylic oxidation sites excluding steroid dienone is 1. The molecule has 1 fully saturated rings. The minimum atomic E-state index is 0.407. The molecule has 1 saturated heterocycles. The highest BCUT2D eigenvalue weighted by atomic mass is 16.7. The zero-order valence-electron chi connectivity index (χ0n) is 9.70. The summed E-state index contributed by atoms with van der Waals surface area (Å²) in [5.74, 6) is 0.998. The zero-order valence-corrected chi connectivity index (χ0v) is 9.70. The van der Waals surface area contributed by atoms with E-state index in [0.717, 1.165) is 12.2 Å². The molecule has 4 nitrogen and oxygen atoms in total. The summed E-state index contributed by atoms with van der Waals surface area (Å²) < 4.78 is 0. The number of nitrogens with one attached hydrogen (secondary N) is 1. The fourth-order valence-electron chi connectivity index (χ4n) is 2.06. The molecule has 2 aliphatic rings. The molecule has 2 aliphatic heterocycles. The van der Waals surface area contributed by atoms with Crippen LogP contribution in [0.4, 0.5) is 0 Å². The van der Waals surface area contributed by atoms with Gasteiger partial charge in [0.25, 0.3) is 0 Å². The molecule has 0 spiro atoms. The van der Waals surface area contributed by atoms with Crippen molar-refractivity contribution in [1.29, 1.82) is 0 Å². The van der Waals surface area contributed by atoms with Crippen molar-refractivity contribution in [2.24, 2.45) is 0 Å². The van der Waals surface area contributed by atoms with Gasteiger partial charge in [-0.3, -0.25) is 0 Å². The Labute approximate surface area is 91.8 Å². The molecule has 0 amide bonds. The van der Waals surface area contributed by atoms with Gasteiger partial charge in [0.1, 0.15) is 5.76 Å². The fourth-order valence-corrected chi connectivity index (χ4v) is 2.06. The van der Waals surface area contributed by atoms with Crippen LogP contribution in [-0.4, -0.2) is 55.6 Å². The highest BCUT2D eigenvalue weighted by Crippen LogP contribution is 2.10. The molecule has 86 valence electrons. The first-order chi connectivity index (χ1) is 7.24. The Kier molecular flexibility index (Phi) is 3.61. The summed E-state index contributed by atoms with van der Waals surface area (Å²) in [4.78, 5) is 10.1. The number of nitrogens with zero attached hydrogens (tertiary/aromatic N) is 2. The van der Waals surface area contributed by atoms with E-state index in [0.29, 0.717) is 6.04 Å². The van der Waals surface area contributed by atoms with Crippen molar-refractivity contribution < 1.29 is 4.84 Å². The lowest BCUT2D eigenvalue weighted by atomic mass is 10.2. The molecule has 1 atom stereocenters. The molecule has 0 aromatic rings. The molecule has 0 radical (unpaired) electrons. The summed E-state index contributed by atoms with van der Waals surface area (Å²) in [6, 6.07) is 0.407. The summed E-state index contributed by atoms with van der Waals surface area (Å²) in [6.45, 7) is 7.95. The Balaban J connectivity index is 1.66. The maximum atomic E-state index is 5.21. The van der Waals surface area contributed by atoms with Gasteiger partial charge < -0.3 is 14.6 Å². The van der Waals surface area contributed by atoms with Crippen LogP contribution in [0.5, 0.6) is 0 Å². The lowest BCUT2D eigenvalue weighted by molar-refractivity contribution is 0.104. The molecule has 0 bridgehead atoms. The fraction of sp³-hybridized carbons (Fsp3) is 0.818. The van der Waals surface area contributed by atoms with Gasteiger partial charge in [0.15, 0.2) is 0 Å². The Bertz CT molecular complexity index is 234. The largest absolute Gasteiger partial charge is 0.413 e. The minimum absolute atomic E-state index is 0.407. The highest BCUT2D eigenvalue weighted by Gasteiger charge is 2.17. The molecule has 0 aromatic heterocycles. The molecule has 2 rings (SSSR count). The average Bonchev–Trinajstić information content (AvgIpc) is 2.64. The number of rotatable bonds is 3. The third-order valence-corrected chi connectivity index (χ3v) is 3.16. The van der Waals surface area contributed by atoms with Crippen LogP contribution in [0.1, 0.15) is 13.3 Å². The van der Waals surface area contributed by atoms with E-state index in [1.807, 2.05) is 6.92 Å². The van der Waals surface area contributed by atoms with Gasteiger partial charge >= 0.3 is 0 Å². The first kappa shape index (κ1) is 10.9. The van der Waals surface area contributed by atoms with E-state index >= 15 is 0 Å². The van der Waals surface area contributed by atoms with Gasteiger partial charge in [0, 0.05) is 32.7 Å². The van der Waals surface area contributed by atoms with Crippen molar-refractivity contribution in [1.82, 2.24) is 15.3 Å². The van der Waals surface area contributed by atoms with Gasteiger partial charge in [0.05, 0.1) is 6.04 Å². The van der Waals surface area contributed by atoms with E-state index in [1.54, 1.807) is 0 Å². The van der Waals surface area contributed by atoms with Gasteiger partial charge in [0.2, 0.25) is 0 Å². The second-order valence-corrected chi connectivity index (χ2v) is 4.54. The summed E-state index contributed by atoms with van der Waals surface area (Å²) in [5, 5.41) is 0. The summed E-state index contributed by atoms with van der Waals surface area (Å²) >= 11 is 0. The van der Waals surface area contributed by atoms with Crippen molar-refractivity contribution in [2.45, 2.75) is 19.4 Å². The van der Waals surface area contributed by atoms with Crippen molar-refractivity contribution in [3.63, 3.8) is 0 Å². The Morgan fingerprint density at radius 1 is 1.40 bits per heavy atom. The Morgan fingerprint density at radius 2 is 2.13 bits per heavy atom. The Hall–Kier alpha value is -0.580. The second-order valence-electron chi connectivity index (χ2n) is 4.54. The molecule has 15 heavy (non-hydrogen) atoms. The smallest absolute Gasteiger partial charge is 0.118 e. The molecule has 0 saturated carbocycles. The van der Waals surface area contributed by atoms with Gasteiger partial charge in [-0.05, 0) is 26.5 Å². The summed E-state index contributed by atoms with van der Waals surface area (Å²) in [7, 11) is 2.19. The maximum Gasteiger partial charge on any atom is 0.118 e. The molecule has 4 heteroatoms. The number of hydrogen-bond donors (Lipinski definition) is 1. The third kappa shape index (κ3) is 3.19. The van der Waals surface area contributed by atoms with Gasteiger partial charge in [-0.15, -0.1) is 0 Å². The first-order valence-corrected chi connectivity index (χ1v) is 5.76. The van der Waals surface area contributed by atoms with Crippen molar-refractivity contribution in [3.8, 4) is 0 Å². The molecule has 1 N–H and O–H groups in total. The standard InChI is InChI=1S/C11H21N3O/c1-10-9-11(12-15-10)3-4-14-7-5-13(2)6-8-14/h9,11-12H,3-8H2,1-2H3. The quantitative estimate of drug-likeness (QED) is 0.733. The van der Waals surface area contributed by atoms with Crippen LogP contribution in [0.2, 0.25) is 0 Å². The second kappa shape index (κ2) is 4.96. The van der Waals surface area contributed by atoms with Crippen LogP contribution in [-0.2, 0) is 4.84 Å². The number of hydrogen-bond acceptors (Lipinski definition) is 4. The highest BCUT2D eigenvalue weighted by molar-refractivity contribution is 5.01. The lowest BCUT2D eigenvalue weighted by Gasteiger charge is -2.32. The molecule has 1 unspecified atom stereocenters. The summed E-state index contributed by atoms with van der Waals surface area (Å²) in [5.41, 5.74) is 3.03. The number of hydroxylamine groups is 1. The third-order valence-electron chi connectivity index (χ3n) is 3.16. The molecular weight excluding hydrogens is 190 g/mol. The van der Waals surface area contributed by atoms with Crippen molar-refractivity contribution in [3.05, 3.63) is 11.8 Å². The zero-order chi connectivity index (χ0) is 10.7. The monoisotopic (exact) mass is 211 g/mol. The number of piperazine rings is 1. The van der Waals surface area contributed by atoms with E-state index in [9.17, 15) is 0 Å². The van der Waals surface area contributed by atoms with Crippen LogP contribution < -0.4 is 5.48 Å². The number of likely N-dealkylation sites (N-methyl/N-ethyl adjacent to an activating group) is 1. The van der Waals surface area contributed by atoms with Crippen LogP contribution in [0, 0.1) is 0 Å². The van der Waals surface area contributed by atoms with Crippen LogP contribution in [0.3, 0.4) is 0 Å². The van der Waals surface area contributed by atoms with E-state index < -0.39 is 0 Å². The van der Waals surface area contributed by atoms with E-state index in [-0.39, 0.29) is 0 Å². The summed E-state index contributed by atoms with van der Waals surface area (Å²) in [6.07, 6.45) is 3.30. The van der Waals surface area contributed by atoms with Gasteiger partial charge in [-0.2, -0.15) is 5.48 Å². The molecular formula is C11H21N3O. The molecule has 0 aliphatic carbocycles.